The maximum Gasteiger partial charge on any atom is 0.412 e. The summed E-state index contributed by atoms with van der Waals surface area (Å²) in [6, 6.07) is 27.9. The Morgan fingerprint density at radius 3 is 2.02 bits per heavy atom. The topological polar surface area (TPSA) is 97.8 Å². The standard InChI is InChI=1S/C36H30FN3O5.C2H6/c1-2-3-20-39-36(43)45-32-27-15-10-21-38-30(27)33(44-31(24-11-6-4-7-12-24)25-13-8-5-9-14-25)29-28(32)34(41)40(35(29)42)22-23-16-18-26(37)19-17-23;1-2/h4-19,21,31H,2-3,20,22H2,1H3,(H,39,43);1-2H3. The van der Waals surface area contributed by atoms with E-state index in [1.54, 1.807) is 18.3 Å². The van der Waals surface area contributed by atoms with Gasteiger partial charge in [-0.2, -0.15) is 0 Å². The van der Waals surface area contributed by atoms with E-state index in [1.165, 1.54) is 24.3 Å². The van der Waals surface area contributed by atoms with Crippen LogP contribution in [-0.2, 0) is 6.54 Å². The number of carbonyl (C=O) groups excluding carboxylic acids is 3. The van der Waals surface area contributed by atoms with Gasteiger partial charge < -0.3 is 14.8 Å². The Morgan fingerprint density at radius 2 is 1.43 bits per heavy atom. The lowest BCUT2D eigenvalue weighted by Crippen LogP contribution is -2.30. The first-order chi connectivity index (χ1) is 23.0. The first-order valence-corrected chi connectivity index (χ1v) is 15.7. The van der Waals surface area contributed by atoms with E-state index < -0.39 is 29.8 Å². The van der Waals surface area contributed by atoms with Crippen LogP contribution in [0.2, 0.25) is 0 Å². The van der Waals surface area contributed by atoms with Crippen LogP contribution < -0.4 is 14.8 Å². The first kappa shape index (κ1) is 32.8. The molecule has 3 amide bonds. The minimum Gasteiger partial charge on any atom is -0.478 e. The van der Waals surface area contributed by atoms with Crippen LogP contribution in [0.3, 0.4) is 0 Å². The molecule has 1 aliphatic rings. The molecule has 240 valence electrons. The molecule has 4 aromatic carbocycles. The number of rotatable bonds is 10. The minimum absolute atomic E-state index is 0.0541. The largest absolute Gasteiger partial charge is 0.478 e. The molecule has 0 bridgehead atoms. The van der Waals surface area contributed by atoms with Crippen LogP contribution >= 0.6 is 0 Å². The number of ether oxygens (including phenoxy) is 2. The maximum absolute atomic E-state index is 14.2. The highest BCUT2D eigenvalue weighted by Gasteiger charge is 2.44. The van der Waals surface area contributed by atoms with Crippen LogP contribution in [0.1, 0.15) is 77.1 Å². The van der Waals surface area contributed by atoms with Gasteiger partial charge in [-0.1, -0.05) is 100.0 Å². The van der Waals surface area contributed by atoms with Gasteiger partial charge in [0.25, 0.3) is 11.8 Å². The third-order valence-corrected chi connectivity index (χ3v) is 7.58. The average molecular weight is 634 g/mol. The van der Waals surface area contributed by atoms with Crippen molar-refractivity contribution < 1.29 is 28.2 Å². The Hall–Kier alpha value is -5.57. The van der Waals surface area contributed by atoms with E-state index in [1.807, 2.05) is 81.4 Å². The second-order valence-electron chi connectivity index (χ2n) is 10.6. The smallest absolute Gasteiger partial charge is 0.412 e. The number of fused-ring (bicyclic) bond motifs is 2. The van der Waals surface area contributed by atoms with Gasteiger partial charge >= 0.3 is 6.09 Å². The Morgan fingerprint density at radius 1 is 0.830 bits per heavy atom. The summed E-state index contributed by atoms with van der Waals surface area (Å²) < 4.78 is 26.2. The van der Waals surface area contributed by atoms with E-state index >= 15 is 0 Å². The monoisotopic (exact) mass is 633 g/mol. The third-order valence-electron chi connectivity index (χ3n) is 7.58. The van der Waals surface area contributed by atoms with Crippen molar-refractivity contribution >= 4 is 28.8 Å². The van der Waals surface area contributed by atoms with Crippen molar-refractivity contribution in [3.05, 3.63) is 137 Å². The summed E-state index contributed by atoms with van der Waals surface area (Å²) in [4.78, 5) is 46.9. The van der Waals surface area contributed by atoms with Crippen molar-refractivity contribution in [2.75, 3.05) is 6.54 Å². The molecule has 0 fully saturated rings. The predicted octanol–water partition coefficient (Wildman–Crippen LogP) is 8.25. The number of hydrogen-bond donors (Lipinski definition) is 1. The molecule has 9 heteroatoms. The van der Waals surface area contributed by atoms with Crippen LogP contribution in [-0.4, -0.2) is 34.3 Å². The summed E-state index contributed by atoms with van der Waals surface area (Å²) in [5.74, 6) is -1.73. The Bertz CT molecular complexity index is 1820. The lowest BCUT2D eigenvalue weighted by Gasteiger charge is -2.23. The lowest BCUT2D eigenvalue weighted by molar-refractivity contribution is 0.0640. The van der Waals surface area contributed by atoms with Crippen molar-refractivity contribution in [1.82, 2.24) is 15.2 Å². The summed E-state index contributed by atoms with van der Waals surface area (Å²) >= 11 is 0. The zero-order valence-electron chi connectivity index (χ0n) is 26.5. The van der Waals surface area contributed by atoms with Gasteiger partial charge in [-0.3, -0.25) is 19.5 Å². The van der Waals surface area contributed by atoms with E-state index in [2.05, 4.69) is 10.3 Å². The second kappa shape index (κ2) is 15.1. The second-order valence-corrected chi connectivity index (χ2v) is 10.6. The van der Waals surface area contributed by atoms with Crippen LogP contribution in [0.25, 0.3) is 10.9 Å². The van der Waals surface area contributed by atoms with E-state index in [9.17, 15) is 18.8 Å². The fourth-order valence-electron chi connectivity index (χ4n) is 5.35. The SMILES string of the molecule is CC.CCCCNC(=O)Oc1c2c(c(OC(c3ccccc3)c3ccccc3)c3ncccc13)C(=O)N(Cc1ccc(F)cc1)C2=O. The van der Waals surface area contributed by atoms with Crippen LogP contribution in [0.4, 0.5) is 9.18 Å². The molecule has 8 nitrogen and oxygen atoms in total. The Kier molecular flexibility index (Phi) is 10.6. The Balaban J connectivity index is 0.00000213. The molecule has 1 N–H and O–H groups in total. The number of nitrogens with zero attached hydrogens (tertiary/aromatic N) is 2. The van der Waals surface area contributed by atoms with Crippen molar-refractivity contribution in [2.24, 2.45) is 0 Å². The number of benzene rings is 4. The van der Waals surface area contributed by atoms with Gasteiger partial charge in [0, 0.05) is 18.1 Å². The summed E-state index contributed by atoms with van der Waals surface area (Å²) in [6.45, 7) is 6.25. The van der Waals surface area contributed by atoms with E-state index in [4.69, 9.17) is 9.47 Å². The molecule has 0 spiro atoms. The van der Waals surface area contributed by atoms with E-state index in [0.717, 1.165) is 28.9 Å². The molecule has 47 heavy (non-hydrogen) atoms. The number of carbonyl (C=O) groups is 3. The molecule has 0 aliphatic carbocycles. The minimum atomic E-state index is -0.756. The quantitative estimate of drug-likeness (QED) is 0.123. The van der Waals surface area contributed by atoms with Gasteiger partial charge in [-0.15, -0.1) is 0 Å². The molecule has 0 radical (unpaired) electrons. The zero-order chi connectivity index (χ0) is 33.3. The molecule has 1 aliphatic heterocycles. The third kappa shape index (κ3) is 6.99. The highest BCUT2D eigenvalue weighted by Crippen LogP contribution is 2.46. The van der Waals surface area contributed by atoms with Gasteiger partial charge in [0.2, 0.25) is 0 Å². The summed E-state index contributed by atoms with van der Waals surface area (Å²) in [5, 5.41) is 3.04. The summed E-state index contributed by atoms with van der Waals surface area (Å²) in [5.41, 5.74) is 2.29. The molecule has 1 aromatic heterocycles. The number of imide groups is 1. The fourth-order valence-corrected chi connectivity index (χ4v) is 5.35. The van der Waals surface area contributed by atoms with E-state index in [0.29, 0.717) is 17.5 Å². The van der Waals surface area contributed by atoms with Gasteiger partial charge in [0.15, 0.2) is 11.5 Å². The summed E-state index contributed by atoms with van der Waals surface area (Å²) in [7, 11) is 0. The highest BCUT2D eigenvalue weighted by atomic mass is 19.1. The number of nitrogens with one attached hydrogen (secondary N) is 1. The van der Waals surface area contributed by atoms with Crippen LogP contribution in [0.5, 0.6) is 11.5 Å². The highest BCUT2D eigenvalue weighted by molar-refractivity contribution is 6.27. The fraction of sp³-hybridized carbons (Fsp3) is 0.211. The summed E-state index contributed by atoms with van der Waals surface area (Å²) in [6.07, 6.45) is 1.73. The number of pyridine rings is 1. The van der Waals surface area contributed by atoms with Crippen LogP contribution in [0.15, 0.2) is 103 Å². The molecule has 0 saturated carbocycles. The van der Waals surface area contributed by atoms with Crippen molar-refractivity contribution in [2.45, 2.75) is 46.3 Å². The molecule has 5 aromatic rings. The number of halogens is 1. The first-order valence-electron chi connectivity index (χ1n) is 15.7. The van der Waals surface area contributed by atoms with Gasteiger partial charge in [0.1, 0.15) is 28.6 Å². The number of hydrogen-bond acceptors (Lipinski definition) is 6. The van der Waals surface area contributed by atoms with Gasteiger partial charge in [-0.05, 0) is 47.4 Å². The molecular formula is C38H36FN3O5. The molecule has 2 heterocycles. The molecule has 0 atom stereocenters. The lowest BCUT2D eigenvalue weighted by atomic mass is 9.99. The maximum atomic E-state index is 14.2. The number of amides is 3. The van der Waals surface area contributed by atoms with Crippen molar-refractivity contribution in [3.8, 4) is 11.5 Å². The average Bonchev–Trinajstić information content (AvgIpc) is 3.35. The van der Waals surface area contributed by atoms with Crippen molar-refractivity contribution in [3.63, 3.8) is 0 Å². The molecule has 6 rings (SSSR count). The molecule has 0 unspecified atom stereocenters. The molecule has 0 saturated heterocycles. The van der Waals surface area contributed by atoms with Crippen molar-refractivity contribution in [1.29, 1.82) is 0 Å². The van der Waals surface area contributed by atoms with Crippen LogP contribution in [0, 0.1) is 5.82 Å². The number of aromatic nitrogens is 1. The van der Waals surface area contributed by atoms with Gasteiger partial charge in [-0.25, -0.2) is 9.18 Å². The van der Waals surface area contributed by atoms with Gasteiger partial charge in [0.05, 0.1) is 6.54 Å². The zero-order valence-corrected chi connectivity index (χ0v) is 26.5. The number of unbranched alkanes of at least 4 members (excludes halogenated alkanes) is 1. The normalized spacial score (nSPS) is 12.1. The molecular weight excluding hydrogens is 597 g/mol. The Labute approximate surface area is 273 Å². The van der Waals surface area contributed by atoms with E-state index in [-0.39, 0.29) is 34.7 Å². The predicted molar refractivity (Wildman–Crippen MR) is 178 cm³/mol.